The fourth-order valence-corrected chi connectivity index (χ4v) is 9.82. The van der Waals surface area contributed by atoms with Gasteiger partial charge in [0.05, 0.1) is 48.6 Å². The number of carbonyl (C=O) groups is 3. The molecule has 4 aliphatic rings. The molecule has 12 nitrogen and oxygen atoms in total. The van der Waals surface area contributed by atoms with E-state index in [9.17, 15) is 14.4 Å². The predicted molar refractivity (Wildman–Crippen MR) is 218 cm³/mol. The van der Waals surface area contributed by atoms with Crippen molar-refractivity contribution in [3.8, 4) is 33.6 Å². The number of amides is 3. The lowest BCUT2D eigenvalue weighted by Gasteiger charge is -2.38. The topological polar surface area (TPSA) is 146 Å². The highest BCUT2D eigenvalue weighted by Crippen LogP contribution is 2.51. The zero-order valence-corrected chi connectivity index (χ0v) is 34.0. The van der Waals surface area contributed by atoms with Crippen LogP contribution in [-0.2, 0) is 31.1 Å². The molecular weight excluding hydrogens is 719 g/mol. The van der Waals surface area contributed by atoms with Crippen molar-refractivity contribution in [2.24, 2.45) is 11.8 Å². The Morgan fingerprint density at radius 1 is 0.842 bits per heavy atom. The molecule has 3 aliphatic heterocycles. The second-order valence-corrected chi connectivity index (χ2v) is 17.1. The average Bonchev–Trinajstić information content (AvgIpc) is 4.06. The Morgan fingerprint density at radius 3 is 2.14 bits per heavy atom. The molecule has 302 valence electrons. The molecule has 12 heteroatoms. The Bertz CT molecular complexity index is 2100. The van der Waals surface area contributed by atoms with Crippen LogP contribution in [0.25, 0.3) is 33.6 Å². The molecule has 2 unspecified atom stereocenters. The van der Waals surface area contributed by atoms with Crippen molar-refractivity contribution in [1.29, 1.82) is 0 Å². The third-order valence-electron chi connectivity index (χ3n) is 12.6. The quantitative estimate of drug-likeness (QED) is 0.147. The molecule has 3 N–H and O–H groups in total. The predicted octanol–water partition coefficient (Wildman–Crippen LogP) is 8.23. The maximum atomic E-state index is 13.7. The summed E-state index contributed by atoms with van der Waals surface area (Å²) in [6.45, 7) is 10.2. The first-order valence-electron chi connectivity index (χ1n) is 21.0. The van der Waals surface area contributed by atoms with Crippen molar-refractivity contribution in [2.45, 2.75) is 116 Å². The van der Waals surface area contributed by atoms with E-state index in [0.29, 0.717) is 18.9 Å². The normalized spacial score (nSPS) is 22.4. The van der Waals surface area contributed by atoms with Gasteiger partial charge in [0.25, 0.3) is 0 Å². The van der Waals surface area contributed by atoms with Gasteiger partial charge in [-0.25, -0.2) is 14.8 Å². The maximum absolute atomic E-state index is 13.7. The summed E-state index contributed by atoms with van der Waals surface area (Å²) in [6, 6.07) is 12.3. The van der Waals surface area contributed by atoms with Gasteiger partial charge in [0.2, 0.25) is 11.8 Å². The van der Waals surface area contributed by atoms with Crippen LogP contribution in [0.5, 0.6) is 0 Å². The Hall–Kier alpha value is -4.97. The van der Waals surface area contributed by atoms with Gasteiger partial charge < -0.3 is 34.6 Å². The summed E-state index contributed by atoms with van der Waals surface area (Å²) in [5, 5.41) is 2.72. The number of fused-ring (bicyclic) bond motifs is 2. The van der Waals surface area contributed by atoms with E-state index in [1.54, 1.807) is 0 Å². The summed E-state index contributed by atoms with van der Waals surface area (Å²) in [5.74, 6) is 1.94. The van der Waals surface area contributed by atoms with Crippen molar-refractivity contribution in [3.63, 3.8) is 0 Å². The largest absolute Gasteiger partial charge is 0.453 e. The van der Waals surface area contributed by atoms with E-state index in [1.807, 2.05) is 36.0 Å². The van der Waals surface area contributed by atoms with Crippen LogP contribution in [0.15, 0.2) is 48.8 Å². The monoisotopic (exact) mass is 775 g/mol. The lowest BCUT2D eigenvalue weighted by atomic mass is 9.72. The summed E-state index contributed by atoms with van der Waals surface area (Å²) in [4.78, 5) is 59.5. The summed E-state index contributed by atoms with van der Waals surface area (Å²) in [6.07, 6.45) is 12.4. The first kappa shape index (κ1) is 38.9. The van der Waals surface area contributed by atoms with Gasteiger partial charge in [-0.2, -0.15) is 0 Å². The number of H-pyrrole nitrogens is 2. The second kappa shape index (κ2) is 16.1. The summed E-state index contributed by atoms with van der Waals surface area (Å²) < 4.78 is 11.5. The van der Waals surface area contributed by atoms with Gasteiger partial charge in [0.1, 0.15) is 17.7 Å². The van der Waals surface area contributed by atoms with Gasteiger partial charge in [0, 0.05) is 31.7 Å². The zero-order valence-electron chi connectivity index (χ0n) is 34.0. The molecule has 4 aromatic rings. The molecule has 3 amide bonds. The van der Waals surface area contributed by atoms with Crippen LogP contribution < -0.4 is 5.32 Å². The number of carbonyl (C=O) groups excluding carboxylic acids is 3. The van der Waals surface area contributed by atoms with Crippen LogP contribution in [0.4, 0.5) is 4.79 Å². The lowest BCUT2D eigenvalue weighted by Crippen LogP contribution is -2.51. The Kier molecular flexibility index (Phi) is 11.0. The number of alkyl carbamates (subject to hydrolysis) is 1. The highest BCUT2D eigenvalue weighted by atomic mass is 16.5. The SMILES string of the molecule is COC(=O)NC(C(=O)N1CCC[C@H]1c1ncc(-c2ccc(-c3ccc(-c4cnc([C@@H]5CCCN5C(=O)CC(C)C)[nH]4)c4c3C3(CCCO3)CCC4)cc2)[nH]1)C(C)C. The Labute approximate surface area is 335 Å². The van der Waals surface area contributed by atoms with Gasteiger partial charge in [0.15, 0.2) is 0 Å². The molecule has 2 aromatic heterocycles. The number of rotatable bonds is 10. The molecule has 4 atom stereocenters. The van der Waals surface area contributed by atoms with E-state index in [-0.39, 0.29) is 35.4 Å². The van der Waals surface area contributed by atoms with Crippen molar-refractivity contribution < 1.29 is 23.9 Å². The number of imidazole rings is 2. The highest BCUT2D eigenvalue weighted by Gasteiger charge is 2.43. The van der Waals surface area contributed by atoms with E-state index in [2.05, 4.69) is 65.5 Å². The summed E-state index contributed by atoms with van der Waals surface area (Å²) in [5.41, 5.74) is 8.73. The zero-order chi connectivity index (χ0) is 39.8. The molecule has 5 heterocycles. The van der Waals surface area contributed by atoms with Gasteiger partial charge in [-0.15, -0.1) is 0 Å². The van der Waals surface area contributed by atoms with Crippen LogP contribution in [0.2, 0.25) is 0 Å². The standard InChI is InChI=1S/C45H57N7O5/c1-27(2)24-38(53)51-21-7-11-36(51)41-47-26-35(49-41)32-18-17-31(39-33(32)10-6-19-45(39)20-9-23-57-45)29-13-15-30(16-14-29)34-25-46-42(48-34)37-12-8-22-52(37)43(54)40(28(3)4)50-44(55)56-5/h13-18,25-28,36-37,40H,6-12,19-24H2,1-5H3,(H,46,48)(H,47,49)(H,50,55)/t36-,37-,40?,45?/m0/s1. The minimum absolute atomic E-state index is 0.0127. The molecule has 0 bridgehead atoms. The lowest BCUT2D eigenvalue weighted by molar-refractivity contribution is -0.135. The Balaban J connectivity index is 1.06. The molecule has 8 rings (SSSR count). The van der Waals surface area contributed by atoms with Gasteiger partial charge in [-0.3, -0.25) is 9.59 Å². The molecule has 2 aromatic carbocycles. The third kappa shape index (κ3) is 7.48. The van der Waals surface area contributed by atoms with Crippen LogP contribution >= 0.6 is 0 Å². The van der Waals surface area contributed by atoms with Crippen LogP contribution in [0.3, 0.4) is 0 Å². The highest BCUT2D eigenvalue weighted by molar-refractivity contribution is 5.86. The van der Waals surface area contributed by atoms with Gasteiger partial charge in [-0.1, -0.05) is 64.1 Å². The van der Waals surface area contributed by atoms with Crippen molar-refractivity contribution in [1.82, 2.24) is 35.1 Å². The van der Waals surface area contributed by atoms with Gasteiger partial charge in [-0.05, 0) is 97.4 Å². The van der Waals surface area contributed by atoms with E-state index < -0.39 is 12.1 Å². The maximum Gasteiger partial charge on any atom is 0.407 e. The van der Waals surface area contributed by atoms with Crippen molar-refractivity contribution in [2.75, 3.05) is 26.8 Å². The molecular formula is C45H57N7O5. The van der Waals surface area contributed by atoms with E-state index in [1.165, 1.54) is 29.4 Å². The number of hydrogen-bond donors (Lipinski definition) is 3. The molecule has 1 aliphatic carbocycles. The fraction of sp³-hybridized carbons (Fsp3) is 0.533. The number of hydrogen-bond acceptors (Lipinski definition) is 7. The molecule has 1 spiro atoms. The van der Waals surface area contributed by atoms with Gasteiger partial charge >= 0.3 is 6.09 Å². The number of nitrogens with one attached hydrogen (secondary N) is 3. The van der Waals surface area contributed by atoms with Crippen molar-refractivity contribution in [3.05, 3.63) is 71.6 Å². The van der Waals surface area contributed by atoms with E-state index >= 15 is 0 Å². The van der Waals surface area contributed by atoms with E-state index in [0.717, 1.165) is 105 Å². The number of aromatic nitrogens is 4. The first-order valence-corrected chi connectivity index (χ1v) is 21.0. The first-order chi connectivity index (χ1) is 27.6. The number of benzene rings is 2. The molecule has 3 fully saturated rings. The molecule has 57 heavy (non-hydrogen) atoms. The number of ether oxygens (including phenoxy) is 2. The smallest absolute Gasteiger partial charge is 0.407 e. The molecule has 0 saturated carbocycles. The number of aromatic amines is 2. The number of likely N-dealkylation sites (tertiary alicyclic amines) is 2. The minimum Gasteiger partial charge on any atom is -0.453 e. The summed E-state index contributed by atoms with van der Waals surface area (Å²) in [7, 11) is 1.30. The van der Waals surface area contributed by atoms with Crippen LogP contribution in [0.1, 0.15) is 120 Å². The number of nitrogens with zero attached hydrogens (tertiary/aromatic N) is 4. The van der Waals surface area contributed by atoms with Crippen LogP contribution in [-0.4, -0.2) is 80.5 Å². The third-order valence-corrected chi connectivity index (χ3v) is 12.6. The van der Waals surface area contributed by atoms with Crippen LogP contribution in [0, 0.1) is 11.8 Å². The fourth-order valence-electron chi connectivity index (χ4n) is 9.82. The van der Waals surface area contributed by atoms with E-state index in [4.69, 9.17) is 19.4 Å². The Morgan fingerprint density at radius 2 is 1.47 bits per heavy atom. The number of methoxy groups -OCH3 is 1. The molecule has 0 radical (unpaired) electrons. The van der Waals surface area contributed by atoms with Crippen molar-refractivity contribution >= 4 is 17.9 Å². The minimum atomic E-state index is -0.681. The summed E-state index contributed by atoms with van der Waals surface area (Å²) >= 11 is 0. The second-order valence-electron chi connectivity index (χ2n) is 17.1. The average molecular weight is 776 g/mol. The molecule has 3 saturated heterocycles.